The second-order valence-electron chi connectivity index (χ2n) is 9.09. The molecule has 1 aliphatic heterocycles. The van der Waals surface area contributed by atoms with E-state index in [1.165, 1.54) is 30.3 Å². The van der Waals surface area contributed by atoms with E-state index in [0.29, 0.717) is 0 Å². The molecule has 16 heteroatoms. The first-order valence-corrected chi connectivity index (χ1v) is 13.9. The van der Waals surface area contributed by atoms with E-state index in [1.807, 2.05) is 0 Å². The Kier molecular flexibility index (Phi) is 11.6. The van der Waals surface area contributed by atoms with Gasteiger partial charge >= 0.3 is 35.8 Å². The van der Waals surface area contributed by atoms with Crippen LogP contribution in [0.3, 0.4) is 0 Å². The summed E-state index contributed by atoms with van der Waals surface area (Å²) in [5.74, 6) is -6.18. The van der Waals surface area contributed by atoms with Crippen molar-refractivity contribution in [2.45, 2.75) is 81.4 Å². The lowest BCUT2D eigenvalue weighted by Crippen LogP contribution is -2.67. The maximum Gasteiger partial charge on any atom is 0.354 e. The number of methoxy groups -OCH3 is 1. The maximum atomic E-state index is 14.1. The average Bonchev–Trinajstić information content (AvgIpc) is 2.89. The SMILES string of the molecule is COC(=O)[C@@]1(S(=O)(=O)c2ccccc2)C[C@H](OC(C)=O)[C@@H](OC(C)=O)[C@H]([C@H](OC(C)=O)[C@@H](COC(C)=O)OC(C)=O)O1. The van der Waals surface area contributed by atoms with Gasteiger partial charge in [0.25, 0.3) is 4.93 Å². The fourth-order valence-corrected chi connectivity index (χ4v) is 6.17. The lowest BCUT2D eigenvalue weighted by Gasteiger charge is -2.47. The summed E-state index contributed by atoms with van der Waals surface area (Å²) in [5.41, 5.74) is 0. The van der Waals surface area contributed by atoms with Crippen molar-refractivity contribution in [1.29, 1.82) is 0 Å². The monoisotopic (exact) mass is 616 g/mol. The van der Waals surface area contributed by atoms with Gasteiger partial charge in [-0.15, -0.1) is 0 Å². The third kappa shape index (κ3) is 8.03. The predicted octanol–water partition coefficient (Wildman–Crippen LogP) is 0.408. The molecule has 0 saturated carbocycles. The summed E-state index contributed by atoms with van der Waals surface area (Å²) in [6, 6.07) is 6.61. The predicted molar refractivity (Wildman–Crippen MR) is 137 cm³/mol. The molecule has 1 saturated heterocycles. The van der Waals surface area contributed by atoms with Crippen molar-refractivity contribution in [2.24, 2.45) is 0 Å². The van der Waals surface area contributed by atoms with E-state index in [-0.39, 0.29) is 0 Å². The van der Waals surface area contributed by atoms with E-state index in [2.05, 4.69) is 0 Å². The van der Waals surface area contributed by atoms with Crippen molar-refractivity contribution < 1.29 is 70.3 Å². The molecule has 6 atom stereocenters. The fourth-order valence-electron chi connectivity index (χ4n) is 4.35. The van der Waals surface area contributed by atoms with Crippen molar-refractivity contribution in [3.05, 3.63) is 30.3 Å². The largest absolute Gasteiger partial charge is 0.466 e. The Morgan fingerprint density at radius 2 is 1.43 bits per heavy atom. The van der Waals surface area contributed by atoms with Crippen LogP contribution in [0.15, 0.2) is 35.2 Å². The zero-order valence-electron chi connectivity index (χ0n) is 23.7. The summed E-state index contributed by atoms with van der Waals surface area (Å²) in [6.07, 6.45) is -9.97. The Morgan fingerprint density at radius 3 is 1.90 bits per heavy atom. The quantitative estimate of drug-likeness (QED) is 0.244. The lowest BCUT2D eigenvalue weighted by molar-refractivity contribution is -0.251. The molecule has 232 valence electrons. The molecule has 0 aliphatic carbocycles. The molecule has 15 nitrogen and oxygen atoms in total. The molecular weight excluding hydrogens is 584 g/mol. The second-order valence-corrected chi connectivity index (χ2v) is 11.2. The molecule has 1 heterocycles. The minimum atomic E-state index is -4.89. The van der Waals surface area contributed by atoms with Crippen molar-refractivity contribution in [3.8, 4) is 0 Å². The van der Waals surface area contributed by atoms with Crippen LogP contribution >= 0.6 is 0 Å². The van der Waals surface area contributed by atoms with Gasteiger partial charge in [-0.3, -0.25) is 24.0 Å². The number of carbonyl (C=O) groups is 6. The Labute approximate surface area is 241 Å². The van der Waals surface area contributed by atoms with Gasteiger partial charge in [-0.1, -0.05) is 18.2 Å². The van der Waals surface area contributed by atoms with E-state index in [4.69, 9.17) is 33.2 Å². The van der Waals surface area contributed by atoms with Gasteiger partial charge in [0.1, 0.15) is 18.8 Å². The molecule has 0 unspecified atom stereocenters. The maximum absolute atomic E-state index is 14.1. The molecule has 0 radical (unpaired) electrons. The summed E-state index contributed by atoms with van der Waals surface area (Å²) in [4.78, 5) is 70.2. The molecule has 0 spiro atoms. The Bertz CT molecular complexity index is 1290. The summed E-state index contributed by atoms with van der Waals surface area (Å²) >= 11 is 0. The van der Waals surface area contributed by atoms with Gasteiger partial charge in [-0.2, -0.15) is 0 Å². The minimum Gasteiger partial charge on any atom is -0.466 e. The van der Waals surface area contributed by atoms with Gasteiger partial charge in [-0.05, 0) is 12.1 Å². The Hall–Kier alpha value is -4.05. The number of carbonyl (C=O) groups excluding carboxylic acids is 6. The second kappa shape index (κ2) is 14.2. The molecule has 1 aliphatic rings. The van der Waals surface area contributed by atoms with Gasteiger partial charge < -0.3 is 33.2 Å². The Balaban J connectivity index is 2.92. The van der Waals surface area contributed by atoms with Crippen LogP contribution in [-0.4, -0.2) is 93.4 Å². The number of esters is 6. The van der Waals surface area contributed by atoms with Crippen molar-refractivity contribution in [3.63, 3.8) is 0 Å². The number of ether oxygens (including phenoxy) is 7. The van der Waals surface area contributed by atoms with E-state index in [9.17, 15) is 37.2 Å². The number of hydrogen-bond donors (Lipinski definition) is 0. The molecule has 0 N–H and O–H groups in total. The first-order valence-electron chi connectivity index (χ1n) is 12.4. The van der Waals surface area contributed by atoms with E-state index in [1.54, 1.807) is 0 Å². The summed E-state index contributed by atoms with van der Waals surface area (Å²) < 4.78 is 65.2. The van der Waals surface area contributed by atoms with Crippen LogP contribution in [0, 0.1) is 0 Å². The van der Waals surface area contributed by atoms with Gasteiger partial charge in [0.15, 0.2) is 18.3 Å². The number of hydrogen-bond acceptors (Lipinski definition) is 15. The zero-order chi connectivity index (χ0) is 31.8. The average molecular weight is 617 g/mol. The van der Waals surface area contributed by atoms with Crippen LogP contribution in [-0.2, 0) is 71.8 Å². The molecule has 0 bridgehead atoms. The summed E-state index contributed by atoms with van der Waals surface area (Å²) in [6.45, 7) is 4.19. The highest BCUT2D eigenvalue weighted by Gasteiger charge is 2.65. The van der Waals surface area contributed by atoms with E-state index < -0.39 is 99.0 Å². The minimum absolute atomic E-state index is 0.401. The first-order chi connectivity index (χ1) is 19.5. The fraction of sp³-hybridized carbons (Fsp3) is 0.538. The number of benzene rings is 1. The summed E-state index contributed by atoms with van der Waals surface area (Å²) in [5, 5.41) is 0. The van der Waals surface area contributed by atoms with E-state index in [0.717, 1.165) is 41.7 Å². The van der Waals surface area contributed by atoms with Crippen molar-refractivity contribution >= 4 is 45.7 Å². The first kappa shape index (κ1) is 34.2. The Morgan fingerprint density at radius 1 is 0.857 bits per heavy atom. The molecule has 1 aromatic rings. The van der Waals surface area contributed by atoms with E-state index >= 15 is 0 Å². The van der Waals surface area contributed by atoms with Gasteiger partial charge in [-0.25, -0.2) is 13.2 Å². The standard InChI is InChI=1S/C26H32O15S/c1-14(27)36-13-21(38-16(3)29)23(40-18(5)31)24-22(39-17(4)30)20(37-15(2)28)12-26(41-24,25(32)35-6)42(33,34)19-10-8-7-9-11-19/h7-11,20-24H,12-13H2,1-6H3/t20-,21+,22+,23+,24+,26-/m0/s1. The smallest absolute Gasteiger partial charge is 0.354 e. The molecule has 42 heavy (non-hydrogen) atoms. The van der Waals surface area contributed by atoms with Crippen molar-refractivity contribution in [2.75, 3.05) is 13.7 Å². The van der Waals surface area contributed by atoms with Crippen LogP contribution in [0.25, 0.3) is 0 Å². The summed E-state index contributed by atoms with van der Waals surface area (Å²) in [7, 11) is -4.00. The third-order valence-electron chi connectivity index (χ3n) is 5.85. The lowest BCUT2D eigenvalue weighted by atomic mass is 9.91. The van der Waals surface area contributed by atoms with Crippen molar-refractivity contribution in [1.82, 2.24) is 0 Å². The van der Waals surface area contributed by atoms with Crippen LogP contribution in [0.1, 0.15) is 41.0 Å². The van der Waals surface area contributed by atoms with Gasteiger partial charge in [0.05, 0.1) is 12.0 Å². The van der Waals surface area contributed by atoms with Gasteiger partial charge in [0.2, 0.25) is 9.84 Å². The van der Waals surface area contributed by atoms with Crippen LogP contribution in [0.5, 0.6) is 0 Å². The highest BCUT2D eigenvalue weighted by atomic mass is 32.2. The van der Waals surface area contributed by atoms with Crippen LogP contribution in [0.4, 0.5) is 0 Å². The molecule has 0 aromatic heterocycles. The zero-order valence-corrected chi connectivity index (χ0v) is 24.5. The molecular formula is C26H32O15S. The van der Waals surface area contributed by atoms with Gasteiger partial charge in [0, 0.05) is 41.0 Å². The number of rotatable bonds is 11. The number of sulfone groups is 1. The van der Waals surface area contributed by atoms with Crippen LogP contribution < -0.4 is 0 Å². The molecule has 2 rings (SSSR count). The molecule has 0 amide bonds. The highest BCUT2D eigenvalue weighted by molar-refractivity contribution is 7.93. The molecule has 1 fully saturated rings. The normalized spacial score (nSPS) is 23.3. The molecule has 1 aromatic carbocycles. The topological polar surface area (TPSA) is 201 Å². The third-order valence-corrected chi connectivity index (χ3v) is 8.04. The van der Waals surface area contributed by atoms with Crippen LogP contribution in [0.2, 0.25) is 0 Å². The highest BCUT2D eigenvalue weighted by Crippen LogP contribution is 2.43.